The highest BCUT2D eigenvalue weighted by Gasteiger charge is 2.35. The van der Waals surface area contributed by atoms with E-state index in [1.807, 2.05) is 67.1 Å². The van der Waals surface area contributed by atoms with E-state index < -0.39 is 15.3 Å². The number of nitrogens with two attached hydrogens (primary N) is 1. The molecule has 11 heteroatoms. The molecule has 2 aromatic carbocycles. The van der Waals surface area contributed by atoms with E-state index in [1.54, 1.807) is 13.8 Å². The molecule has 4 aromatic rings. The minimum atomic E-state index is -3.41. The third kappa shape index (κ3) is 5.02. The minimum Gasteiger partial charge on any atom is -0.382 e. The highest BCUT2D eigenvalue weighted by Crippen LogP contribution is 2.36. The van der Waals surface area contributed by atoms with Crippen molar-refractivity contribution in [3.8, 4) is 11.1 Å². The van der Waals surface area contributed by atoms with Gasteiger partial charge in [0.25, 0.3) is 11.5 Å². The van der Waals surface area contributed by atoms with Crippen molar-refractivity contribution in [3.05, 3.63) is 81.3 Å². The molecular formula is C29H34N6O4S. The van der Waals surface area contributed by atoms with Crippen LogP contribution in [0.1, 0.15) is 53.4 Å². The average Bonchev–Trinajstić information content (AvgIpc) is 3.58. The van der Waals surface area contributed by atoms with Crippen molar-refractivity contribution in [1.29, 1.82) is 0 Å². The van der Waals surface area contributed by atoms with Gasteiger partial charge >= 0.3 is 0 Å². The number of rotatable bonds is 7. The van der Waals surface area contributed by atoms with Crippen LogP contribution in [0.2, 0.25) is 0 Å². The highest BCUT2D eigenvalue weighted by molar-refractivity contribution is 7.89. The second-order valence-corrected chi connectivity index (χ2v) is 13.2. The molecule has 5 rings (SSSR count). The molecule has 1 amide bonds. The summed E-state index contributed by atoms with van der Waals surface area (Å²) in [5.74, 6) is 0.0642. The summed E-state index contributed by atoms with van der Waals surface area (Å²) in [6, 6.07) is 13.3. The van der Waals surface area contributed by atoms with Crippen molar-refractivity contribution in [2.45, 2.75) is 52.0 Å². The lowest BCUT2D eigenvalue weighted by atomic mass is 10.0. The zero-order valence-electron chi connectivity index (χ0n) is 23.1. The van der Waals surface area contributed by atoms with Gasteiger partial charge in [-0.1, -0.05) is 42.0 Å². The predicted octanol–water partition coefficient (Wildman–Crippen LogP) is 3.51. The third-order valence-corrected chi connectivity index (χ3v) is 9.86. The largest absolute Gasteiger partial charge is 0.382 e. The van der Waals surface area contributed by atoms with Crippen LogP contribution in [0.15, 0.2) is 53.5 Å². The molecular weight excluding hydrogens is 528 g/mol. The van der Waals surface area contributed by atoms with Crippen molar-refractivity contribution < 1.29 is 13.2 Å². The van der Waals surface area contributed by atoms with Gasteiger partial charge in [-0.3, -0.25) is 9.59 Å². The summed E-state index contributed by atoms with van der Waals surface area (Å²) in [5, 5.41) is 9.45. The second kappa shape index (κ2) is 10.5. The Balaban J connectivity index is 1.42. The number of hydrogen-bond acceptors (Lipinski definition) is 6. The molecule has 0 radical (unpaired) electrons. The lowest BCUT2D eigenvalue weighted by Crippen LogP contribution is -2.34. The zero-order valence-corrected chi connectivity index (χ0v) is 23.9. The Morgan fingerprint density at radius 3 is 2.60 bits per heavy atom. The summed E-state index contributed by atoms with van der Waals surface area (Å²) >= 11 is 0. The fourth-order valence-electron chi connectivity index (χ4n) is 5.27. The van der Waals surface area contributed by atoms with Gasteiger partial charge in [-0.2, -0.15) is 9.40 Å². The van der Waals surface area contributed by atoms with E-state index in [-0.39, 0.29) is 29.9 Å². The van der Waals surface area contributed by atoms with Crippen molar-refractivity contribution in [1.82, 2.24) is 24.4 Å². The molecule has 1 aliphatic rings. The molecule has 0 spiro atoms. The molecule has 1 atom stereocenters. The monoisotopic (exact) mass is 562 g/mol. The summed E-state index contributed by atoms with van der Waals surface area (Å²) in [5.41, 5.74) is 11.3. The quantitative estimate of drug-likeness (QED) is 0.315. The van der Waals surface area contributed by atoms with E-state index in [4.69, 9.17) is 5.73 Å². The summed E-state index contributed by atoms with van der Waals surface area (Å²) in [4.78, 5) is 25.7. The van der Waals surface area contributed by atoms with Crippen LogP contribution in [0.4, 0.5) is 5.82 Å². The summed E-state index contributed by atoms with van der Waals surface area (Å²) < 4.78 is 28.8. The Morgan fingerprint density at radius 1 is 1.18 bits per heavy atom. The number of H-pyrrole nitrogens is 1. The number of aromatic nitrogens is 3. The molecule has 1 aliphatic heterocycles. The van der Waals surface area contributed by atoms with Gasteiger partial charge in [0, 0.05) is 43.0 Å². The number of anilines is 1. The maximum atomic E-state index is 12.9. The van der Waals surface area contributed by atoms with Gasteiger partial charge in [0.1, 0.15) is 5.52 Å². The van der Waals surface area contributed by atoms with Crippen molar-refractivity contribution in [3.63, 3.8) is 0 Å². The fraction of sp³-hybridized carbons (Fsp3) is 0.345. The molecule has 1 fully saturated rings. The molecule has 1 saturated heterocycles. The first kappa shape index (κ1) is 27.6. The minimum absolute atomic E-state index is 0.128. The SMILES string of the molecule is Cc1ccc(C)c(C(=O)NCc2ccc(-c3cn([C@@H]4CCN(S(=O)(=O)C(C)C)C4)c4c(=O)[nH]nc(N)c34)cc2)c1. The molecule has 210 valence electrons. The molecule has 4 N–H and O–H groups in total. The van der Waals surface area contributed by atoms with Gasteiger partial charge in [-0.25, -0.2) is 13.5 Å². The normalized spacial score (nSPS) is 16.2. The van der Waals surface area contributed by atoms with E-state index in [0.29, 0.717) is 36.0 Å². The van der Waals surface area contributed by atoms with Gasteiger partial charge < -0.3 is 15.6 Å². The number of aromatic amines is 1. The number of hydrogen-bond donors (Lipinski definition) is 3. The number of nitrogens with one attached hydrogen (secondary N) is 2. The molecule has 40 heavy (non-hydrogen) atoms. The van der Waals surface area contributed by atoms with Gasteiger partial charge in [-0.05, 0) is 56.9 Å². The van der Waals surface area contributed by atoms with Crippen molar-refractivity contribution >= 4 is 32.7 Å². The van der Waals surface area contributed by atoms with E-state index in [0.717, 1.165) is 27.8 Å². The maximum absolute atomic E-state index is 12.9. The van der Waals surface area contributed by atoms with Gasteiger partial charge in [0.2, 0.25) is 10.0 Å². The van der Waals surface area contributed by atoms with Crippen LogP contribution in [0.3, 0.4) is 0 Å². The Hall–Kier alpha value is -3.96. The van der Waals surface area contributed by atoms with E-state index >= 15 is 0 Å². The topological polar surface area (TPSA) is 143 Å². The first-order valence-corrected chi connectivity index (χ1v) is 14.8. The van der Waals surface area contributed by atoms with Crippen LogP contribution in [0.25, 0.3) is 22.0 Å². The van der Waals surface area contributed by atoms with Crippen LogP contribution < -0.4 is 16.6 Å². The number of amides is 1. The Kier molecular flexibility index (Phi) is 7.28. The van der Waals surface area contributed by atoms with Crippen molar-refractivity contribution in [2.75, 3.05) is 18.8 Å². The number of carbonyl (C=O) groups is 1. The van der Waals surface area contributed by atoms with Gasteiger partial charge in [0.15, 0.2) is 5.82 Å². The highest BCUT2D eigenvalue weighted by atomic mass is 32.2. The van der Waals surface area contributed by atoms with Gasteiger partial charge in [-0.15, -0.1) is 0 Å². The number of carbonyl (C=O) groups excluding carboxylic acids is 1. The smallest absolute Gasteiger partial charge is 0.288 e. The number of aryl methyl sites for hydroxylation is 2. The lowest BCUT2D eigenvalue weighted by Gasteiger charge is -2.19. The maximum Gasteiger partial charge on any atom is 0.288 e. The molecule has 0 bridgehead atoms. The average molecular weight is 563 g/mol. The molecule has 10 nitrogen and oxygen atoms in total. The standard InChI is InChI=1S/C29H34N6O4S/c1-17(2)40(38,39)34-12-11-22(15-34)35-16-24(25-26(35)29(37)33-32-27(25)30)21-9-7-20(8-10-21)14-31-28(36)23-13-18(3)5-6-19(23)4/h5-10,13,16-17,22H,11-12,14-15H2,1-4H3,(H2,30,32)(H,31,36)(H,33,37)/t22-/m1/s1. The number of nitrogen functional groups attached to an aromatic ring is 1. The van der Waals surface area contributed by atoms with Crippen LogP contribution in [0.5, 0.6) is 0 Å². The number of benzene rings is 2. The molecule has 0 aliphatic carbocycles. The van der Waals surface area contributed by atoms with E-state index in [9.17, 15) is 18.0 Å². The number of nitrogens with zero attached hydrogens (tertiary/aromatic N) is 3. The number of fused-ring (bicyclic) bond motifs is 1. The Bertz CT molecular complexity index is 1760. The predicted molar refractivity (Wildman–Crippen MR) is 157 cm³/mol. The Labute approximate surface area is 233 Å². The van der Waals surface area contributed by atoms with Crippen LogP contribution in [0, 0.1) is 13.8 Å². The zero-order chi connectivity index (χ0) is 28.8. The van der Waals surface area contributed by atoms with Crippen LogP contribution in [-0.4, -0.2) is 51.7 Å². The second-order valence-electron chi connectivity index (χ2n) is 10.7. The first-order chi connectivity index (χ1) is 19.0. The van der Waals surface area contributed by atoms with E-state index in [1.165, 1.54) is 4.31 Å². The first-order valence-electron chi connectivity index (χ1n) is 13.3. The van der Waals surface area contributed by atoms with E-state index in [2.05, 4.69) is 15.5 Å². The fourth-order valence-corrected chi connectivity index (χ4v) is 6.60. The molecule has 3 heterocycles. The Morgan fingerprint density at radius 2 is 1.90 bits per heavy atom. The summed E-state index contributed by atoms with van der Waals surface area (Å²) in [6.45, 7) is 8.24. The third-order valence-electron chi connectivity index (χ3n) is 7.61. The summed E-state index contributed by atoms with van der Waals surface area (Å²) in [6.07, 6.45) is 2.45. The van der Waals surface area contributed by atoms with Crippen molar-refractivity contribution in [2.24, 2.45) is 0 Å². The van der Waals surface area contributed by atoms with Crippen LogP contribution in [-0.2, 0) is 16.6 Å². The molecule has 0 saturated carbocycles. The lowest BCUT2D eigenvalue weighted by molar-refractivity contribution is 0.0950. The number of sulfonamides is 1. The molecule has 2 aromatic heterocycles. The van der Waals surface area contributed by atoms with Crippen LogP contribution >= 0.6 is 0 Å². The van der Waals surface area contributed by atoms with Gasteiger partial charge in [0.05, 0.1) is 10.6 Å². The molecule has 0 unspecified atom stereocenters. The summed E-state index contributed by atoms with van der Waals surface area (Å²) in [7, 11) is -3.41.